The number of carbonyl (C=O) groups excluding carboxylic acids is 1. The van der Waals surface area contributed by atoms with Crippen LogP contribution in [-0.2, 0) is 10.3 Å². The Bertz CT molecular complexity index is 801. The molecule has 0 unspecified atom stereocenters. The van der Waals surface area contributed by atoms with Gasteiger partial charge in [0.1, 0.15) is 16.9 Å². The van der Waals surface area contributed by atoms with Gasteiger partial charge in [-0.15, -0.1) is 0 Å². The summed E-state index contributed by atoms with van der Waals surface area (Å²) < 4.78 is 11.0. The number of hydrogen-bond donors (Lipinski definition) is 1. The van der Waals surface area contributed by atoms with Crippen LogP contribution in [0.3, 0.4) is 0 Å². The molecule has 0 spiro atoms. The molecule has 0 saturated carbocycles. The summed E-state index contributed by atoms with van der Waals surface area (Å²) in [6.07, 6.45) is 1.20. The zero-order valence-electron chi connectivity index (χ0n) is 14.4. The highest BCUT2D eigenvalue weighted by atomic mass is 16.6. The fourth-order valence-electron chi connectivity index (χ4n) is 3.22. The third kappa shape index (κ3) is 3.52. The van der Waals surface area contributed by atoms with Crippen molar-refractivity contribution in [3.8, 4) is 5.75 Å². The molecule has 1 fully saturated rings. The largest absolute Gasteiger partial charge is 0.497 e. The molecule has 0 bridgehead atoms. The molecule has 0 atom stereocenters. The van der Waals surface area contributed by atoms with Gasteiger partial charge in [-0.05, 0) is 24.7 Å². The first-order valence-electron chi connectivity index (χ1n) is 8.38. The van der Waals surface area contributed by atoms with E-state index in [1.165, 1.54) is 25.3 Å². The van der Waals surface area contributed by atoms with Crippen LogP contribution in [0.2, 0.25) is 0 Å². The Balaban J connectivity index is 1.98. The fourth-order valence-corrected chi connectivity index (χ4v) is 3.22. The normalized spacial score (nSPS) is 15.9. The van der Waals surface area contributed by atoms with Gasteiger partial charge in [-0.3, -0.25) is 10.1 Å². The van der Waals surface area contributed by atoms with E-state index in [1.54, 1.807) is 0 Å². The first-order valence-corrected chi connectivity index (χ1v) is 8.38. The summed E-state index contributed by atoms with van der Waals surface area (Å²) in [5.74, 6) is -0.358. The molecular formula is C19H20N2O5. The lowest BCUT2D eigenvalue weighted by Gasteiger charge is -2.37. The van der Waals surface area contributed by atoms with Gasteiger partial charge in [-0.25, -0.2) is 4.79 Å². The monoisotopic (exact) mass is 356 g/mol. The van der Waals surface area contributed by atoms with Crippen LogP contribution in [0.15, 0.2) is 48.5 Å². The van der Waals surface area contributed by atoms with Crippen molar-refractivity contribution in [3.63, 3.8) is 0 Å². The molecule has 1 aliphatic heterocycles. The highest BCUT2D eigenvalue weighted by molar-refractivity contribution is 5.94. The minimum atomic E-state index is -0.805. The van der Waals surface area contributed by atoms with E-state index in [4.69, 9.17) is 9.47 Å². The number of nitrogens with zero attached hydrogens (tertiary/aromatic N) is 1. The Morgan fingerprint density at radius 2 is 1.85 bits per heavy atom. The Morgan fingerprint density at radius 1 is 1.15 bits per heavy atom. The molecule has 1 aliphatic rings. The summed E-state index contributed by atoms with van der Waals surface area (Å²) >= 11 is 0. The van der Waals surface area contributed by atoms with Gasteiger partial charge in [0.05, 0.1) is 12.0 Å². The Morgan fingerprint density at radius 3 is 2.46 bits per heavy atom. The number of nitro benzene ring substituents is 1. The molecule has 1 heterocycles. The number of nitrogens with one attached hydrogen (secondary N) is 1. The lowest BCUT2D eigenvalue weighted by Crippen LogP contribution is -2.43. The van der Waals surface area contributed by atoms with Gasteiger partial charge in [0.2, 0.25) is 0 Å². The zero-order chi connectivity index (χ0) is 18.6. The van der Waals surface area contributed by atoms with Crippen LogP contribution in [-0.4, -0.2) is 31.1 Å². The average Bonchev–Trinajstić information content (AvgIpc) is 2.68. The smallest absolute Gasteiger partial charge is 0.346 e. The zero-order valence-corrected chi connectivity index (χ0v) is 14.4. The molecular weight excluding hydrogens is 336 g/mol. The lowest BCUT2D eigenvalue weighted by molar-refractivity contribution is -0.385. The number of ether oxygens (including phenoxy) is 2. The molecule has 0 aliphatic carbocycles. The van der Waals surface area contributed by atoms with E-state index >= 15 is 0 Å². The van der Waals surface area contributed by atoms with Gasteiger partial charge in [0, 0.05) is 25.0 Å². The highest BCUT2D eigenvalue weighted by Crippen LogP contribution is 2.37. The Hall–Kier alpha value is -2.93. The predicted molar refractivity (Wildman–Crippen MR) is 95.3 cm³/mol. The first kappa shape index (κ1) is 17.9. The van der Waals surface area contributed by atoms with Crippen molar-refractivity contribution in [2.45, 2.75) is 18.4 Å². The number of carbonyl (C=O) groups is 1. The van der Waals surface area contributed by atoms with Gasteiger partial charge in [0.15, 0.2) is 0 Å². The molecule has 0 radical (unpaired) electrons. The van der Waals surface area contributed by atoms with Crippen molar-refractivity contribution in [1.29, 1.82) is 0 Å². The van der Waals surface area contributed by atoms with Crippen molar-refractivity contribution in [2.75, 3.05) is 20.2 Å². The summed E-state index contributed by atoms with van der Waals surface area (Å²) in [5, 5.41) is 14.6. The van der Waals surface area contributed by atoms with Crippen LogP contribution < -0.4 is 10.1 Å². The molecule has 0 aromatic heterocycles. The molecule has 2 aromatic rings. The van der Waals surface area contributed by atoms with Crippen molar-refractivity contribution in [1.82, 2.24) is 5.32 Å². The molecule has 3 rings (SSSR count). The number of benzene rings is 2. The van der Waals surface area contributed by atoms with Crippen molar-refractivity contribution in [3.05, 3.63) is 69.8 Å². The second-order valence-corrected chi connectivity index (χ2v) is 6.14. The summed E-state index contributed by atoms with van der Waals surface area (Å²) in [4.78, 5) is 23.6. The van der Waals surface area contributed by atoms with Crippen LogP contribution in [0.1, 0.15) is 28.8 Å². The minimum absolute atomic E-state index is 0.108. The van der Waals surface area contributed by atoms with Crippen molar-refractivity contribution in [2.24, 2.45) is 0 Å². The second kappa shape index (κ2) is 7.53. The van der Waals surface area contributed by atoms with E-state index in [2.05, 4.69) is 5.32 Å². The van der Waals surface area contributed by atoms with Gasteiger partial charge < -0.3 is 14.8 Å². The molecule has 136 valence electrons. The van der Waals surface area contributed by atoms with Crippen LogP contribution in [0, 0.1) is 10.1 Å². The van der Waals surface area contributed by atoms with Crippen LogP contribution in [0.5, 0.6) is 5.75 Å². The molecule has 7 heteroatoms. The Labute approximate surface area is 151 Å². The molecule has 2 aromatic carbocycles. The van der Waals surface area contributed by atoms with Gasteiger partial charge in [-0.1, -0.05) is 30.3 Å². The maximum absolute atomic E-state index is 12.9. The summed E-state index contributed by atoms with van der Waals surface area (Å²) in [6, 6.07) is 13.6. The molecule has 1 N–H and O–H groups in total. The van der Waals surface area contributed by atoms with Crippen LogP contribution >= 0.6 is 0 Å². The van der Waals surface area contributed by atoms with Crippen LogP contribution in [0.4, 0.5) is 5.69 Å². The maximum atomic E-state index is 12.9. The summed E-state index contributed by atoms with van der Waals surface area (Å²) in [7, 11) is 1.44. The fraction of sp³-hybridized carbons (Fsp3) is 0.316. The third-order valence-corrected chi connectivity index (χ3v) is 4.62. The molecule has 26 heavy (non-hydrogen) atoms. The first-order chi connectivity index (χ1) is 12.6. The number of hydrogen-bond acceptors (Lipinski definition) is 6. The summed E-state index contributed by atoms with van der Waals surface area (Å²) in [6.45, 7) is 1.39. The van der Waals surface area contributed by atoms with E-state index in [0.29, 0.717) is 31.7 Å². The standard InChI is InChI=1S/C19H20N2O5/c1-25-15-7-8-17(21(23)24)16(13-15)18(22)26-19(9-11-20-12-10-19)14-5-3-2-4-6-14/h2-8,13,20H,9-12H2,1H3. The SMILES string of the molecule is COc1ccc([N+](=O)[O-])c(C(=O)OC2(c3ccccc3)CCNCC2)c1. The second-order valence-electron chi connectivity index (χ2n) is 6.14. The minimum Gasteiger partial charge on any atom is -0.497 e. The van der Waals surface area contributed by atoms with Crippen molar-refractivity contribution < 1.29 is 19.2 Å². The van der Waals surface area contributed by atoms with Gasteiger partial charge >= 0.3 is 5.97 Å². The quantitative estimate of drug-likeness (QED) is 0.503. The van der Waals surface area contributed by atoms with Crippen LogP contribution in [0.25, 0.3) is 0 Å². The topological polar surface area (TPSA) is 90.7 Å². The van der Waals surface area contributed by atoms with Gasteiger partial charge in [-0.2, -0.15) is 0 Å². The van der Waals surface area contributed by atoms with Gasteiger partial charge in [0.25, 0.3) is 5.69 Å². The number of methoxy groups -OCH3 is 1. The Kier molecular flexibility index (Phi) is 5.18. The molecule has 1 saturated heterocycles. The number of nitro groups is 1. The summed E-state index contributed by atoms with van der Waals surface area (Å²) in [5.41, 5.74) is -0.322. The highest BCUT2D eigenvalue weighted by Gasteiger charge is 2.39. The lowest BCUT2D eigenvalue weighted by atomic mass is 9.84. The van der Waals surface area contributed by atoms with E-state index in [-0.39, 0.29) is 11.3 Å². The van der Waals surface area contributed by atoms with Crippen molar-refractivity contribution >= 4 is 11.7 Å². The van der Waals surface area contributed by atoms with E-state index in [1.807, 2.05) is 30.3 Å². The molecule has 0 amide bonds. The maximum Gasteiger partial charge on any atom is 0.346 e. The predicted octanol–water partition coefficient (Wildman–Crippen LogP) is 3.04. The van der Waals surface area contributed by atoms with E-state index in [9.17, 15) is 14.9 Å². The number of piperidine rings is 1. The van der Waals surface area contributed by atoms with E-state index < -0.39 is 16.5 Å². The number of esters is 1. The third-order valence-electron chi connectivity index (χ3n) is 4.62. The number of rotatable bonds is 5. The molecule has 7 nitrogen and oxygen atoms in total. The van der Waals surface area contributed by atoms with E-state index in [0.717, 1.165) is 5.56 Å². The average molecular weight is 356 g/mol.